The molecule has 0 spiro atoms. The maximum Gasteiger partial charge on any atom is 0.235 e. The maximum atomic E-state index is 12.8. The summed E-state index contributed by atoms with van der Waals surface area (Å²) in [6.07, 6.45) is 5.42. The van der Waals surface area contributed by atoms with Crippen LogP contribution >= 0.6 is 23.1 Å². The van der Waals surface area contributed by atoms with Crippen molar-refractivity contribution in [1.82, 2.24) is 14.9 Å². The fraction of sp³-hybridized carbons (Fsp3) is 0.588. The van der Waals surface area contributed by atoms with E-state index >= 15 is 0 Å². The summed E-state index contributed by atoms with van der Waals surface area (Å²) in [6.45, 7) is 1.87. The van der Waals surface area contributed by atoms with Gasteiger partial charge in [0, 0.05) is 23.4 Å². The topological polar surface area (TPSA) is 80.2 Å². The molecule has 1 aliphatic carbocycles. The molecule has 3 heterocycles. The molecule has 1 fully saturated rings. The molecule has 0 bridgehead atoms. The first kappa shape index (κ1) is 18.2. The van der Waals surface area contributed by atoms with E-state index in [-0.39, 0.29) is 28.7 Å². The van der Waals surface area contributed by atoms with Gasteiger partial charge in [0.05, 0.1) is 16.8 Å². The molecule has 1 saturated heterocycles. The van der Waals surface area contributed by atoms with Gasteiger partial charge in [-0.1, -0.05) is 11.8 Å². The number of aromatic nitrogens is 2. The summed E-state index contributed by atoms with van der Waals surface area (Å²) in [5, 5.41) is 1.65. The molecular formula is C17H21N3O3S3. The number of hydrogen-bond donors (Lipinski definition) is 0. The second kappa shape index (κ2) is 6.76. The highest BCUT2D eigenvalue weighted by Crippen LogP contribution is 2.41. The van der Waals surface area contributed by atoms with E-state index in [0.29, 0.717) is 6.42 Å². The van der Waals surface area contributed by atoms with Gasteiger partial charge in [-0.2, -0.15) is 0 Å². The van der Waals surface area contributed by atoms with E-state index < -0.39 is 9.84 Å². The third-order valence-corrected chi connectivity index (χ3v) is 9.24. The Kier molecular flexibility index (Phi) is 4.73. The van der Waals surface area contributed by atoms with Gasteiger partial charge in [0.25, 0.3) is 0 Å². The number of fused-ring (bicyclic) bond motifs is 3. The molecule has 140 valence electrons. The first-order valence-corrected chi connectivity index (χ1v) is 12.3. The number of rotatable bonds is 4. The zero-order valence-corrected chi connectivity index (χ0v) is 17.2. The number of carbonyl (C=O) groups excluding carboxylic acids is 1. The van der Waals surface area contributed by atoms with E-state index in [1.807, 2.05) is 6.92 Å². The predicted octanol–water partition coefficient (Wildman–Crippen LogP) is 2.31. The van der Waals surface area contributed by atoms with E-state index in [0.717, 1.165) is 28.1 Å². The van der Waals surface area contributed by atoms with Gasteiger partial charge in [0.2, 0.25) is 5.91 Å². The first-order valence-electron chi connectivity index (χ1n) is 8.75. The Bertz CT molecular complexity index is 970. The molecule has 4 rings (SSSR count). The number of sulfone groups is 1. The maximum absolute atomic E-state index is 12.8. The van der Waals surface area contributed by atoms with Crippen molar-refractivity contribution in [2.75, 3.05) is 18.6 Å². The minimum absolute atomic E-state index is 0.0456. The molecule has 26 heavy (non-hydrogen) atoms. The summed E-state index contributed by atoms with van der Waals surface area (Å²) in [4.78, 5) is 25.7. The van der Waals surface area contributed by atoms with Crippen LogP contribution in [0.1, 0.15) is 30.2 Å². The molecule has 1 aliphatic heterocycles. The second-order valence-corrected chi connectivity index (χ2v) is 11.6. The van der Waals surface area contributed by atoms with Crippen molar-refractivity contribution in [2.45, 2.75) is 48.9 Å². The van der Waals surface area contributed by atoms with Crippen LogP contribution in [0.25, 0.3) is 10.2 Å². The molecule has 2 aliphatic rings. The lowest BCUT2D eigenvalue weighted by Gasteiger charge is -2.26. The lowest BCUT2D eigenvalue weighted by molar-refractivity contribution is -0.130. The predicted molar refractivity (Wildman–Crippen MR) is 105 cm³/mol. The number of hydrogen-bond acceptors (Lipinski definition) is 7. The van der Waals surface area contributed by atoms with Crippen LogP contribution in [0.4, 0.5) is 0 Å². The summed E-state index contributed by atoms with van der Waals surface area (Å²) < 4.78 is 23.4. The smallest absolute Gasteiger partial charge is 0.235 e. The summed E-state index contributed by atoms with van der Waals surface area (Å²) in [5.74, 6) is 0.197. The Morgan fingerprint density at radius 1 is 1.38 bits per heavy atom. The van der Waals surface area contributed by atoms with E-state index in [2.05, 4.69) is 9.97 Å². The van der Waals surface area contributed by atoms with Crippen LogP contribution < -0.4 is 0 Å². The minimum Gasteiger partial charge on any atom is -0.341 e. The van der Waals surface area contributed by atoms with Gasteiger partial charge in [0.1, 0.15) is 16.2 Å². The third-order valence-electron chi connectivity index (χ3n) is 5.21. The summed E-state index contributed by atoms with van der Waals surface area (Å²) in [5.41, 5.74) is 1.35. The van der Waals surface area contributed by atoms with Crippen LogP contribution in [0.5, 0.6) is 0 Å². The average molecular weight is 412 g/mol. The number of nitrogens with zero attached hydrogens (tertiary/aromatic N) is 3. The monoisotopic (exact) mass is 411 g/mol. The number of thioether (sulfide) groups is 1. The Labute approximate surface area is 161 Å². The largest absolute Gasteiger partial charge is 0.341 e. The molecule has 0 aromatic carbocycles. The van der Waals surface area contributed by atoms with Crippen molar-refractivity contribution in [2.24, 2.45) is 0 Å². The molecule has 0 radical (unpaired) electrons. The van der Waals surface area contributed by atoms with Crippen LogP contribution in [-0.4, -0.2) is 59.0 Å². The standard InChI is InChI=1S/C17H21N3O3S3/c1-10(17(21)20(2)11-6-7-26(22,23)8-11)24-15-14-12-4-3-5-13(12)25-16(14)19-9-18-15/h9-11H,3-8H2,1-2H3/t10-,11+/m1/s1. The van der Waals surface area contributed by atoms with Crippen LogP contribution in [0, 0.1) is 0 Å². The normalized spacial score (nSPS) is 22.5. The van der Waals surface area contributed by atoms with E-state index in [1.165, 1.54) is 28.6 Å². The number of aryl methyl sites for hydroxylation is 2. The van der Waals surface area contributed by atoms with Gasteiger partial charge >= 0.3 is 0 Å². The molecule has 2 aromatic rings. The van der Waals surface area contributed by atoms with Crippen molar-refractivity contribution in [1.29, 1.82) is 0 Å². The molecule has 1 amide bonds. The average Bonchev–Trinajstić information content (AvgIpc) is 3.27. The molecule has 0 unspecified atom stereocenters. The third kappa shape index (κ3) is 3.25. The highest BCUT2D eigenvalue weighted by atomic mass is 32.2. The van der Waals surface area contributed by atoms with Crippen LogP contribution in [-0.2, 0) is 27.5 Å². The van der Waals surface area contributed by atoms with E-state index in [4.69, 9.17) is 0 Å². The zero-order chi connectivity index (χ0) is 18.5. The van der Waals surface area contributed by atoms with Crippen molar-refractivity contribution >= 4 is 49.1 Å². The van der Waals surface area contributed by atoms with Gasteiger partial charge < -0.3 is 4.90 Å². The highest BCUT2D eigenvalue weighted by Gasteiger charge is 2.34. The summed E-state index contributed by atoms with van der Waals surface area (Å²) >= 11 is 3.19. The lowest BCUT2D eigenvalue weighted by atomic mass is 10.2. The van der Waals surface area contributed by atoms with Crippen LogP contribution in [0.15, 0.2) is 11.4 Å². The van der Waals surface area contributed by atoms with Crippen molar-refractivity contribution in [3.63, 3.8) is 0 Å². The second-order valence-electron chi connectivity index (χ2n) is 6.98. The molecule has 0 saturated carbocycles. The number of amides is 1. The van der Waals surface area contributed by atoms with E-state index in [9.17, 15) is 13.2 Å². The van der Waals surface area contributed by atoms with Crippen LogP contribution in [0.3, 0.4) is 0 Å². The van der Waals surface area contributed by atoms with Crippen molar-refractivity contribution in [3.8, 4) is 0 Å². The van der Waals surface area contributed by atoms with Gasteiger partial charge in [-0.3, -0.25) is 4.79 Å². The Morgan fingerprint density at radius 2 is 2.19 bits per heavy atom. The molecule has 2 aromatic heterocycles. The quantitative estimate of drug-likeness (QED) is 0.567. The van der Waals surface area contributed by atoms with Crippen molar-refractivity contribution < 1.29 is 13.2 Å². The van der Waals surface area contributed by atoms with Crippen LogP contribution in [0.2, 0.25) is 0 Å². The first-order chi connectivity index (χ1) is 12.4. The van der Waals surface area contributed by atoms with Gasteiger partial charge in [-0.25, -0.2) is 18.4 Å². The minimum atomic E-state index is -3.01. The molecule has 2 atom stereocenters. The van der Waals surface area contributed by atoms with Crippen molar-refractivity contribution in [3.05, 3.63) is 16.8 Å². The Morgan fingerprint density at radius 3 is 2.92 bits per heavy atom. The Hall–Kier alpha value is -1.19. The number of thiophene rings is 1. The summed E-state index contributed by atoms with van der Waals surface area (Å²) in [7, 11) is -1.30. The molecule has 9 heteroatoms. The highest BCUT2D eigenvalue weighted by molar-refractivity contribution is 8.00. The molecule has 0 N–H and O–H groups in total. The lowest BCUT2D eigenvalue weighted by Crippen LogP contribution is -2.41. The fourth-order valence-corrected chi connectivity index (χ4v) is 7.87. The Balaban J connectivity index is 1.54. The van der Waals surface area contributed by atoms with E-state index in [1.54, 1.807) is 29.6 Å². The fourth-order valence-electron chi connectivity index (χ4n) is 3.75. The number of carbonyl (C=O) groups is 1. The van der Waals surface area contributed by atoms with Gasteiger partial charge in [-0.15, -0.1) is 11.3 Å². The molecular weight excluding hydrogens is 390 g/mol. The SMILES string of the molecule is C[C@@H](Sc1ncnc2sc3c(c12)CCC3)C(=O)N(C)[C@H]1CCS(=O)(=O)C1. The van der Waals surface area contributed by atoms with Gasteiger partial charge in [0.15, 0.2) is 9.84 Å². The zero-order valence-electron chi connectivity index (χ0n) is 14.8. The van der Waals surface area contributed by atoms with Gasteiger partial charge in [-0.05, 0) is 38.2 Å². The molecule has 6 nitrogen and oxygen atoms in total. The summed E-state index contributed by atoms with van der Waals surface area (Å²) in [6, 6.07) is -0.216.